The quantitative estimate of drug-likeness (QED) is 0.741. The molecule has 1 aromatic carbocycles. The molecule has 0 radical (unpaired) electrons. The molecule has 0 aromatic heterocycles. The molecule has 7 nitrogen and oxygen atoms in total. The highest BCUT2D eigenvalue weighted by molar-refractivity contribution is 7.99. The van der Waals surface area contributed by atoms with Gasteiger partial charge in [-0.15, -0.1) is 0 Å². The highest BCUT2D eigenvalue weighted by Gasteiger charge is 2.34. The van der Waals surface area contributed by atoms with Crippen molar-refractivity contribution < 1.29 is 14.3 Å². The minimum atomic E-state index is -0.0475. The number of benzene rings is 1. The van der Waals surface area contributed by atoms with Crippen LogP contribution < -0.4 is 10.2 Å². The number of rotatable bonds is 6. The van der Waals surface area contributed by atoms with E-state index in [1.807, 2.05) is 40.9 Å². The van der Waals surface area contributed by atoms with Gasteiger partial charge in [-0.1, -0.05) is 0 Å². The SMILES string of the molecule is O=C(CCN1CCCC1C(=O)N1CCSCC1)Nc1ccc(N2CCOCC2)cc1. The van der Waals surface area contributed by atoms with Crippen LogP contribution in [0.1, 0.15) is 19.3 Å². The van der Waals surface area contributed by atoms with E-state index in [9.17, 15) is 9.59 Å². The van der Waals surface area contributed by atoms with Gasteiger partial charge in [0, 0.05) is 62.0 Å². The monoisotopic (exact) mass is 432 g/mol. The second-order valence-electron chi connectivity index (χ2n) is 8.08. The number of thioether (sulfide) groups is 1. The summed E-state index contributed by atoms with van der Waals surface area (Å²) in [4.78, 5) is 31.8. The van der Waals surface area contributed by atoms with Crippen LogP contribution in [0.2, 0.25) is 0 Å². The lowest BCUT2D eigenvalue weighted by atomic mass is 10.2. The molecule has 1 unspecified atom stereocenters. The number of carbonyl (C=O) groups is 2. The van der Waals surface area contributed by atoms with Gasteiger partial charge in [0.25, 0.3) is 0 Å². The van der Waals surface area contributed by atoms with Crippen molar-refractivity contribution in [2.45, 2.75) is 25.3 Å². The topological polar surface area (TPSA) is 65.1 Å². The van der Waals surface area contributed by atoms with Gasteiger partial charge in [-0.05, 0) is 43.7 Å². The molecule has 3 saturated heterocycles. The Morgan fingerprint density at radius 2 is 1.77 bits per heavy atom. The molecule has 1 aromatic rings. The van der Waals surface area contributed by atoms with E-state index in [-0.39, 0.29) is 17.9 Å². The fourth-order valence-electron chi connectivity index (χ4n) is 4.41. The van der Waals surface area contributed by atoms with Crippen LogP contribution in [0.15, 0.2) is 24.3 Å². The highest BCUT2D eigenvalue weighted by atomic mass is 32.2. The predicted molar refractivity (Wildman–Crippen MR) is 121 cm³/mol. The van der Waals surface area contributed by atoms with Crippen LogP contribution in [0.25, 0.3) is 0 Å². The molecule has 3 aliphatic rings. The summed E-state index contributed by atoms with van der Waals surface area (Å²) in [6, 6.07) is 7.96. The molecule has 1 atom stereocenters. The number of ether oxygens (including phenoxy) is 1. The van der Waals surface area contributed by atoms with E-state index in [1.165, 1.54) is 0 Å². The van der Waals surface area contributed by atoms with Crippen LogP contribution in [-0.4, -0.2) is 91.6 Å². The summed E-state index contributed by atoms with van der Waals surface area (Å²) in [5, 5.41) is 3.00. The molecule has 4 rings (SSSR count). The molecule has 30 heavy (non-hydrogen) atoms. The normalized spacial score (nSPS) is 22.9. The summed E-state index contributed by atoms with van der Waals surface area (Å²) in [5.74, 6) is 2.32. The van der Waals surface area contributed by atoms with Gasteiger partial charge in [0.1, 0.15) is 0 Å². The van der Waals surface area contributed by atoms with Gasteiger partial charge in [0.2, 0.25) is 11.8 Å². The van der Waals surface area contributed by atoms with Gasteiger partial charge < -0.3 is 19.9 Å². The Bertz CT molecular complexity index is 718. The number of carbonyl (C=O) groups excluding carboxylic acids is 2. The van der Waals surface area contributed by atoms with Gasteiger partial charge in [-0.25, -0.2) is 0 Å². The first-order valence-electron chi connectivity index (χ1n) is 11.0. The lowest BCUT2D eigenvalue weighted by Crippen LogP contribution is -2.48. The number of anilines is 2. The molecule has 0 aliphatic carbocycles. The maximum Gasteiger partial charge on any atom is 0.239 e. The third kappa shape index (κ3) is 5.47. The maximum atomic E-state index is 12.9. The van der Waals surface area contributed by atoms with Gasteiger partial charge in [-0.3, -0.25) is 14.5 Å². The van der Waals surface area contributed by atoms with Crippen LogP contribution in [0.5, 0.6) is 0 Å². The summed E-state index contributed by atoms with van der Waals surface area (Å²) in [7, 11) is 0. The largest absolute Gasteiger partial charge is 0.378 e. The average molecular weight is 433 g/mol. The van der Waals surface area contributed by atoms with Crippen molar-refractivity contribution in [1.29, 1.82) is 0 Å². The van der Waals surface area contributed by atoms with E-state index in [2.05, 4.69) is 15.1 Å². The Kier molecular flexibility index (Phi) is 7.52. The Hall–Kier alpha value is -1.77. The number of likely N-dealkylation sites (tertiary alicyclic amines) is 1. The van der Waals surface area contributed by atoms with Crippen LogP contribution in [-0.2, 0) is 14.3 Å². The third-order valence-corrected chi connectivity index (χ3v) is 7.07. The number of nitrogens with zero attached hydrogens (tertiary/aromatic N) is 3. The van der Waals surface area contributed by atoms with Crippen LogP contribution in [0.3, 0.4) is 0 Å². The summed E-state index contributed by atoms with van der Waals surface area (Å²) in [6.45, 7) is 6.57. The lowest BCUT2D eigenvalue weighted by Gasteiger charge is -2.32. The first-order valence-corrected chi connectivity index (χ1v) is 12.2. The van der Waals surface area contributed by atoms with E-state index < -0.39 is 0 Å². The first kappa shape index (κ1) is 21.5. The van der Waals surface area contributed by atoms with Crippen LogP contribution in [0.4, 0.5) is 11.4 Å². The molecule has 3 aliphatic heterocycles. The smallest absolute Gasteiger partial charge is 0.239 e. The zero-order valence-corrected chi connectivity index (χ0v) is 18.4. The van der Waals surface area contributed by atoms with Crippen molar-refractivity contribution in [2.75, 3.05) is 74.2 Å². The second kappa shape index (κ2) is 10.5. The second-order valence-corrected chi connectivity index (χ2v) is 9.30. The van der Waals surface area contributed by atoms with Crippen molar-refractivity contribution in [2.24, 2.45) is 0 Å². The minimum absolute atomic E-state index is 0.00148. The molecule has 1 N–H and O–H groups in total. The maximum absolute atomic E-state index is 12.9. The molecule has 164 valence electrons. The molecule has 0 saturated carbocycles. The summed E-state index contributed by atoms with van der Waals surface area (Å²) >= 11 is 1.91. The molecule has 3 fully saturated rings. The molecule has 3 heterocycles. The van der Waals surface area contributed by atoms with Crippen molar-refractivity contribution in [1.82, 2.24) is 9.80 Å². The van der Waals surface area contributed by atoms with E-state index in [0.717, 1.165) is 81.7 Å². The van der Waals surface area contributed by atoms with Crippen molar-refractivity contribution >= 4 is 35.0 Å². The van der Waals surface area contributed by atoms with Gasteiger partial charge in [0.05, 0.1) is 19.3 Å². The molecule has 0 spiro atoms. The number of hydrogen-bond acceptors (Lipinski definition) is 6. The molecule has 8 heteroatoms. The van der Waals surface area contributed by atoms with Gasteiger partial charge in [-0.2, -0.15) is 11.8 Å². The fourth-order valence-corrected chi connectivity index (χ4v) is 5.32. The highest BCUT2D eigenvalue weighted by Crippen LogP contribution is 2.22. The van der Waals surface area contributed by atoms with Crippen molar-refractivity contribution in [3.63, 3.8) is 0 Å². The third-order valence-electron chi connectivity index (χ3n) is 6.12. The van der Waals surface area contributed by atoms with E-state index in [0.29, 0.717) is 13.0 Å². The summed E-state index contributed by atoms with van der Waals surface area (Å²) in [6.07, 6.45) is 2.35. The van der Waals surface area contributed by atoms with Crippen molar-refractivity contribution in [3.8, 4) is 0 Å². The number of morpholine rings is 1. The predicted octanol–water partition coefficient (Wildman–Crippen LogP) is 1.89. The first-order chi connectivity index (χ1) is 14.7. The Labute approximate surface area is 183 Å². The number of amides is 2. The Balaban J connectivity index is 1.24. The van der Waals surface area contributed by atoms with Gasteiger partial charge >= 0.3 is 0 Å². The zero-order chi connectivity index (χ0) is 20.8. The average Bonchev–Trinajstić information content (AvgIpc) is 3.27. The van der Waals surface area contributed by atoms with E-state index in [1.54, 1.807) is 0 Å². The minimum Gasteiger partial charge on any atom is -0.378 e. The molecular weight excluding hydrogens is 400 g/mol. The number of hydrogen-bond donors (Lipinski definition) is 1. The molecular formula is C22H32N4O3S. The van der Waals surface area contributed by atoms with Crippen LogP contribution >= 0.6 is 11.8 Å². The van der Waals surface area contributed by atoms with Gasteiger partial charge in [0.15, 0.2) is 0 Å². The Morgan fingerprint density at radius 3 is 2.50 bits per heavy atom. The standard InChI is InChI=1S/C22H32N4O3S/c27-21(23-18-3-5-19(6-4-18)24-10-14-29-15-11-24)7-9-25-8-1-2-20(25)22(28)26-12-16-30-17-13-26/h3-6,20H,1-2,7-17H2,(H,23,27). The number of nitrogens with one attached hydrogen (secondary N) is 1. The van der Waals surface area contributed by atoms with Crippen LogP contribution in [0, 0.1) is 0 Å². The summed E-state index contributed by atoms with van der Waals surface area (Å²) in [5.41, 5.74) is 1.97. The summed E-state index contributed by atoms with van der Waals surface area (Å²) < 4.78 is 5.40. The van der Waals surface area contributed by atoms with Crippen molar-refractivity contribution in [3.05, 3.63) is 24.3 Å². The van der Waals surface area contributed by atoms with E-state index in [4.69, 9.17) is 4.74 Å². The zero-order valence-electron chi connectivity index (χ0n) is 17.6. The van der Waals surface area contributed by atoms with E-state index >= 15 is 0 Å². The Morgan fingerprint density at radius 1 is 1.03 bits per heavy atom. The molecule has 2 amide bonds. The lowest BCUT2D eigenvalue weighted by molar-refractivity contribution is -0.136. The fraction of sp³-hybridized carbons (Fsp3) is 0.636. The molecule has 0 bridgehead atoms.